The molecule has 0 saturated carbocycles. The average Bonchev–Trinajstić information content (AvgIpc) is 3.12. The quantitative estimate of drug-likeness (QED) is 0.675. The lowest BCUT2D eigenvalue weighted by molar-refractivity contribution is -0.116. The minimum Gasteiger partial charge on any atom is -0.399 e. The van der Waals surface area contributed by atoms with Gasteiger partial charge in [-0.1, -0.05) is 18.2 Å². The molecule has 1 aliphatic rings. The van der Waals surface area contributed by atoms with Crippen molar-refractivity contribution in [1.82, 2.24) is 9.55 Å². The molecule has 0 atom stereocenters. The van der Waals surface area contributed by atoms with Crippen LogP contribution in [0.15, 0.2) is 54.7 Å². The third-order valence-corrected chi connectivity index (χ3v) is 5.11. The fourth-order valence-corrected chi connectivity index (χ4v) is 3.60. The van der Waals surface area contributed by atoms with Crippen molar-refractivity contribution in [3.05, 3.63) is 66.0 Å². The Balaban J connectivity index is 1.38. The third-order valence-electron chi connectivity index (χ3n) is 5.11. The number of carbonyl (C=O) groups is 1. The molecule has 1 aromatic heterocycles. The normalized spacial score (nSPS) is 13.2. The lowest BCUT2D eigenvalue weighted by Gasteiger charge is -2.16. The summed E-state index contributed by atoms with van der Waals surface area (Å²) in [5.74, 6) is 1.01. The number of para-hydroxylation sites is 1. The number of nitrogens with one attached hydrogen (secondary N) is 1. The first-order valence-electron chi connectivity index (χ1n) is 9.49. The smallest absolute Gasteiger partial charge is 0.224 e. The number of hydrogen-bond acceptors (Lipinski definition) is 3. The number of hydrogen-bond donors (Lipinski definition) is 2. The Morgan fingerprint density at radius 3 is 2.74 bits per heavy atom. The summed E-state index contributed by atoms with van der Waals surface area (Å²) in [5.41, 5.74) is 10.9. The van der Waals surface area contributed by atoms with Gasteiger partial charge in [0.25, 0.3) is 0 Å². The molecule has 138 valence electrons. The van der Waals surface area contributed by atoms with Gasteiger partial charge in [-0.3, -0.25) is 4.79 Å². The number of rotatable bonds is 5. The van der Waals surface area contributed by atoms with E-state index in [-0.39, 0.29) is 5.91 Å². The molecule has 0 bridgehead atoms. The lowest BCUT2D eigenvalue weighted by atomic mass is 10.1. The molecule has 0 spiro atoms. The van der Waals surface area contributed by atoms with Crippen LogP contribution < -0.4 is 11.1 Å². The molecule has 0 radical (unpaired) electrons. The number of aromatic nitrogens is 2. The number of carbonyl (C=O) groups excluding carboxylic acids is 1. The van der Waals surface area contributed by atoms with Crippen molar-refractivity contribution in [3.63, 3.8) is 0 Å². The SMILES string of the molecule is Nc1ccccc1CCC(=O)Nc1ccc(-c2ncc3n2CCCC3)cc1. The number of fused-ring (bicyclic) bond motifs is 1. The molecule has 27 heavy (non-hydrogen) atoms. The summed E-state index contributed by atoms with van der Waals surface area (Å²) in [4.78, 5) is 16.8. The highest BCUT2D eigenvalue weighted by molar-refractivity contribution is 5.91. The highest BCUT2D eigenvalue weighted by atomic mass is 16.1. The maximum atomic E-state index is 12.2. The molecule has 1 amide bonds. The zero-order valence-corrected chi connectivity index (χ0v) is 15.3. The van der Waals surface area contributed by atoms with E-state index in [1.807, 2.05) is 54.7 Å². The number of nitrogen functional groups attached to an aromatic ring is 1. The van der Waals surface area contributed by atoms with Gasteiger partial charge in [0.05, 0.1) is 0 Å². The molecular formula is C22H24N4O. The fraction of sp³-hybridized carbons (Fsp3) is 0.273. The van der Waals surface area contributed by atoms with Gasteiger partial charge in [0.15, 0.2) is 0 Å². The molecule has 0 aliphatic carbocycles. The van der Waals surface area contributed by atoms with Gasteiger partial charge in [0.2, 0.25) is 5.91 Å². The summed E-state index contributed by atoms with van der Waals surface area (Å²) in [7, 11) is 0. The van der Waals surface area contributed by atoms with Crippen LogP contribution in [0, 0.1) is 0 Å². The summed E-state index contributed by atoms with van der Waals surface area (Å²) < 4.78 is 2.31. The first kappa shape index (κ1) is 17.3. The summed E-state index contributed by atoms with van der Waals surface area (Å²) in [6.07, 6.45) is 6.58. The summed E-state index contributed by atoms with van der Waals surface area (Å²) in [6, 6.07) is 15.6. The van der Waals surface area contributed by atoms with E-state index in [4.69, 9.17) is 5.73 Å². The first-order chi connectivity index (χ1) is 13.2. The monoisotopic (exact) mass is 360 g/mol. The predicted molar refractivity (Wildman–Crippen MR) is 108 cm³/mol. The van der Waals surface area contributed by atoms with E-state index in [9.17, 15) is 4.79 Å². The molecule has 0 saturated heterocycles. The molecule has 5 nitrogen and oxygen atoms in total. The number of benzene rings is 2. The van der Waals surface area contributed by atoms with Crippen LogP contribution in [0.4, 0.5) is 11.4 Å². The van der Waals surface area contributed by atoms with E-state index in [2.05, 4.69) is 14.9 Å². The van der Waals surface area contributed by atoms with Crippen molar-refractivity contribution in [3.8, 4) is 11.4 Å². The topological polar surface area (TPSA) is 72.9 Å². The Bertz CT molecular complexity index is 943. The number of anilines is 2. The second kappa shape index (κ2) is 7.66. The first-order valence-corrected chi connectivity index (χ1v) is 9.49. The summed E-state index contributed by atoms with van der Waals surface area (Å²) >= 11 is 0. The van der Waals surface area contributed by atoms with Crippen molar-refractivity contribution in [2.45, 2.75) is 38.6 Å². The fourth-order valence-electron chi connectivity index (χ4n) is 3.60. The maximum absolute atomic E-state index is 12.2. The highest BCUT2D eigenvalue weighted by Gasteiger charge is 2.15. The highest BCUT2D eigenvalue weighted by Crippen LogP contribution is 2.25. The van der Waals surface area contributed by atoms with E-state index in [1.54, 1.807) is 0 Å². The lowest BCUT2D eigenvalue weighted by Crippen LogP contribution is -2.13. The second-order valence-corrected chi connectivity index (χ2v) is 7.01. The van der Waals surface area contributed by atoms with E-state index in [1.165, 1.54) is 18.5 Å². The number of amides is 1. The van der Waals surface area contributed by atoms with Crippen LogP contribution in [0.25, 0.3) is 11.4 Å². The molecule has 2 heterocycles. The molecule has 2 aromatic carbocycles. The van der Waals surface area contributed by atoms with Gasteiger partial charge in [-0.05, 0) is 61.6 Å². The number of imidazole rings is 1. The largest absolute Gasteiger partial charge is 0.399 e. The van der Waals surface area contributed by atoms with Crippen molar-refractivity contribution in [1.29, 1.82) is 0 Å². The van der Waals surface area contributed by atoms with E-state index in [0.717, 1.165) is 41.3 Å². The molecule has 3 N–H and O–H groups in total. The standard InChI is InChI=1S/C22H24N4O/c23-20-7-2-1-5-16(20)10-13-21(27)25-18-11-8-17(9-12-18)22-24-15-19-6-3-4-14-26(19)22/h1-2,5,7-9,11-12,15H,3-4,6,10,13-14,23H2,(H,25,27). The molecule has 0 fully saturated rings. The van der Waals surface area contributed by atoms with Gasteiger partial charge in [0, 0.05) is 41.8 Å². The predicted octanol–water partition coefficient (Wildman–Crippen LogP) is 4.04. The maximum Gasteiger partial charge on any atom is 0.224 e. The van der Waals surface area contributed by atoms with Crippen LogP contribution in [0.5, 0.6) is 0 Å². The Morgan fingerprint density at radius 2 is 1.93 bits per heavy atom. The average molecular weight is 360 g/mol. The van der Waals surface area contributed by atoms with Crippen molar-refractivity contribution in [2.75, 3.05) is 11.1 Å². The van der Waals surface area contributed by atoms with Crippen LogP contribution in [0.3, 0.4) is 0 Å². The molecule has 1 aliphatic heterocycles. The van der Waals surface area contributed by atoms with Crippen molar-refractivity contribution in [2.24, 2.45) is 0 Å². The Morgan fingerprint density at radius 1 is 1.11 bits per heavy atom. The van der Waals surface area contributed by atoms with Gasteiger partial charge < -0.3 is 15.6 Å². The van der Waals surface area contributed by atoms with Crippen LogP contribution in [-0.4, -0.2) is 15.5 Å². The molecule has 0 unspecified atom stereocenters. The van der Waals surface area contributed by atoms with Crippen molar-refractivity contribution < 1.29 is 4.79 Å². The van der Waals surface area contributed by atoms with Crippen LogP contribution in [0.2, 0.25) is 0 Å². The van der Waals surface area contributed by atoms with Crippen molar-refractivity contribution >= 4 is 17.3 Å². The van der Waals surface area contributed by atoms with Crippen LogP contribution >= 0.6 is 0 Å². The second-order valence-electron chi connectivity index (χ2n) is 7.01. The van der Waals surface area contributed by atoms with Gasteiger partial charge >= 0.3 is 0 Å². The number of nitrogens with two attached hydrogens (primary N) is 1. The summed E-state index contributed by atoms with van der Waals surface area (Å²) in [6.45, 7) is 1.03. The molecular weight excluding hydrogens is 336 g/mol. The zero-order valence-electron chi connectivity index (χ0n) is 15.3. The molecule has 3 aromatic rings. The van der Waals surface area contributed by atoms with Gasteiger partial charge in [0.1, 0.15) is 5.82 Å². The zero-order chi connectivity index (χ0) is 18.6. The molecule has 5 heteroatoms. The van der Waals surface area contributed by atoms with E-state index in [0.29, 0.717) is 12.8 Å². The Labute approximate surface area is 159 Å². The van der Waals surface area contributed by atoms with E-state index < -0.39 is 0 Å². The Hall–Kier alpha value is -3.08. The van der Waals surface area contributed by atoms with Crippen LogP contribution in [-0.2, 0) is 24.2 Å². The Kier molecular flexibility index (Phi) is 4.92. The van der Waals surface area contributed by atoms with Gasteiger partial charge in [-0.2, -0.15) is 0 Å². The van der Waals surface area contributed by atoms with E-state index >= 15 is 0 Å². The summed E-state index contributed by atoms with van der Waals surface area (Å²) in [5, 5.41) is 2.96. The third kappa shape index (κ3) is 3.87. The van der Waals surface area contributed by atoms with Gasteiger partial charge in [-0.15, -0.1) is 0 Å². The number of aryl methyl sites for hydroxylation is 2. The minimum atomic E-state index is -0.0100. The van der Waals surface area contributed by atoms with Gasteiger partial charge in [-0.25, -0.2) is 4.98 Å². The number of nitrogens with zero attached hydrogens (tertiary/aromatic N) is 2. The van der Waals surface area contributed by atoms with Crippen LogP contribution in [0.1, 0.15) is 30.5 Å². The molecule has 4 rings (SSSR count). The minimum absolute atomic E-state index is 0.0100.